The zero-order chi connectivity index (χ0) is 15.1. The first-order valence-electron chi connectivity index (χ1n) is 6.82. The molecule has 21 heavy (non-hydrogen) atoms. The van der Waals surface area contributed by atoms with Crippen LogP contribution in [0.5, 0.6) is 5.75 Å². The largest absolute Gasteiger partial charge is 0.493 e. The maximum atomic E-state index is 12.1. The smallest absolute Gasteiger partial charge is 0.275 e. The first-order chi connectivity index (χ1) is 10.2. The lowest BCUT2D eigenvalue weighted by atomic mass is 10.2. The number of nitrogens with one attached hydrogen (secondary N) is 1. The second-order valence-corrected chi connectivity index (χ2v) is 4.49. The Kier molecular flexibility index (Phi) is 5.15. The normalized spacial score (nSPS) is 10.8. The Hall–Kier alpha value is -2.56. The maximum Gasteiger partial charge on any atom is 0.275 e. The molecule has 2 rings (SSSR count). The fourth-order valence-electron chi connectivity index (χ4n) is 1.73. The number of para-hydroxylation sites is 1. The number of hydrogen-bond acceptors (Lipinski definition) is 4. The molecular weight excluding hydrogens is 268 g/mol. The van der Waals surface area contributed by atoms with Crippen molar-refractivity contribution < 1.29 is 13.9 Å². The van der Waals surface area contributed by atoms with Crippen molar-refractivity contribution in [1.29, 1.82) is 0 Å². The number of furan rings is 1. The summed E-state index contributed by atoms with van der Waals surface area (Å²) < 4.78 is 10.9. The zero-order valence-corrected chi connectivity index (χ0v) is 12.1. The van der Waals surface area contributed by atoms with Crippen LogP contribution in [0.2, 0.25) is 0 Å². The van der Waals surface area contributed by atoms with Gasteiger partial charge in [0.25, 0.3) is 5.91 Å². The SMILES string of the molecule is CCCOc1ccccc1C(=O)N/N=C/c1ccc(C)o1. The van der Waals surface area contributed by atoms with E-state index < -0.39 is 0 Å². The first-order valence-corrected chi connectivity index (χ1v) is 6.82. The van der Waals surface area contributed by atoms with Gasteiger partial charge in [-0.15, -0.1) is 0 Å². The molecule has 0 saturated heterocycles. The monoisotopic (exact) mass is 286 g/mol. The Bertz CT molecular complexity index is 632. The predicted octanol–water partition coefficient (Wildman–Crippen LogP) is 3.14. The Morgan fingerprint density at radius 2 is 2.14 bits per heavy atom. The van der Waals surface area contributed by atoms with Crippen molar-refractivity contribution >= 4 is 12.1 Å². The number of rotatable bonds is 6. The quantitative estimate of drug-likeness (QED) is 0.655. The molecule has 0 aliphatic carbocycles. The Balaban J connectivity index is 2.01. The van der Waals surface area contributed by atoms with Gasteiger partial charge in [-0.3, -0.25) is 4.79 Å². The van der Waals surface area contributed by atoms with Gasteiger partial charge in [0.15, 0.2) is 0 Å². The third-order valence-corrected chi connectivity index (χ3v) is 2.71. The lowest BCUT2D eigenvalue weighted by molar-refractivity contribution is 0.0951. The van der Waals surface area contributed by atoms with E-state index in [0.29, 0.717) is 23.7 Å². The number of carbonyl (C=O) groups excluding carboxylic acids is 1. The summed E-state index contributed by atoms with van der Waals surface area (Å²) in [6.45, 7) is 4.43. The molecule has 0 unspecified atom stereocenters. The van der Waals surface area contributed by atoms with Gasteiger partial charge in [-0.2, -0.15) is 5.10 Å². The van der Waals surface area contributed by atoms with Gasteiger partial charge in [-0.05, 0) is 37.6 Å². The van der Waals surface area contributed by atoms with Crippen molar-refractivity contribution in [3.8, 4) is 5.75 Å². The van der Waals surface area contributed by atoms with Crippen LogP contribution >= 0.6 is 0 Å². The number of aryl methyl sites for hydroxylation is 1. The van der Waals surface area contributed by atoms with E-state index >= 15 is 0 Å². The number of carbonyl (C=O) groups is 1. The van der Waals surface area contributed by atoms with Gasteiger partial charge in [0, 0.05) is 0 Å². The summed E-state index contributed by atoms with van der Waals surface area (Å²) in [4.78, 5) is 12.1. The highest BCUT2D eigenvalue weighted by Crippen LogP contribution is 2.17. The molecule has 1 amide bonds. The maximum absolute atomic E-state index is 12.1. The van der Waals surface area contributed by atoms with Crippen LogP contribution in [0.3, 0.4) is 0 Å². The lowest BCUT2D eigenvalue weighted by Gasteiger charge is -2.09. The van der Waals surface area contributed by atoms with E-state index in [9.17, 15) is 4.79 Å². The summed E-state index contributed by atoms with van der Waals surface area (Å²) in [6.07, 6.45) is 2.34. The highest BCUT2D eigenvalue weighted by molar-refractivity contribution is 5.97. The molecule has 1 aromatic heterocycles. The Morgan fingerprint density at radius 1 is 1.33 bits per heavy atom. The standard InChI is InChI=1S/C16H18N2O3/c1-3-10-20-15-7-5-4-6-14(15)16(19)18-17-11-13-9-8-12(2)21-13/h4-9,11H,3,10H2,1-2H3,(H,18,19)/b17-11+. The third kappa shape index (κ3) is 4.21. The minimum Gasteiger partial charge on any atom is -0.493 e. The summed E-state index contributed by atoms with van der Waals surface area (Å²) in [5, 5.41) is 3.88. The molecule has 0 radical (unpaired) electrons. The molecule has 0 saturated carbocycles. The number of ether oxygens (including phenoxy) is 1. The minimum absolute atomic E-state index is 0.318. The molecule has 0 aliphatic rings. The van der Waals surface area contributed by atoms with E-state index in [4.69, 9.17) is 9.15 Å². The van der Waals surface area contributed by atoms with Gasteiger partial charge >= 0.3 is 0 Å². The van der Waals surface area contributed by atoms with Gasteiger partial charge in [0.05, 0.1) is 18.4 Å². The molecule has 0 atom stereocenters. The van der Waals surface area contributed by atoms with E-state index in [2.05, 4.69) is 10.5 Å². The van der Waals surface area contributed by atoms with E-state index in [-0.39, 0.29) is 5.91 Å². The van der Waals surface area contributed by atoms with Crippen LogP contribution < -0.4 is 10.2 Å². The van der Waals surface area contributed by atoms with Crippen molar-refractivity contribution in [3.05, 3.63) is 53.5 Å². The van der Waals surface area contributed by atoms with Crippen molar-refractivity contribution in [2.75, 3.05) is 6.61 Å². The molecule has 1 heterocycles. The number of benzene rings is 1. The molecule has 0 aliphatic heterocycles. The van der Waals surface area contributed by atoms with E-state index in [1.165, 1.54) is 6.21 Å². The van der Waals surface area contributed by atoms with Crippen LogP contribution in [0.1, 0.15) is 35.2 Å². The van der Waals surface area contributed by atoms with E-state index in [1.807, 2.05) is 26.0 Å². The fourth-order valence-corrected chi connectivity index (χ4v) is 1.73. The molecule has 0 spiro atoms. The third-order valence-electron chi connectivity index (χ3n) is 2.71. The summed E-state index contributed by atoms with van der Waals surface area (Å²) in [7, 11) is 0. The molecule has 1 aromatic carbocycles. The van der Waals surface area contributed by atoms with Crippen LogP contribution in [0.25, 0.3) is 0 Å². The molecular formula is C16H18N2O3. The predicted molar refractivity (Wildman–Crippen MR) is 80.7 cm³/mol. The van der Waals surface area contributed by atoms with Gasteiger partial charge in [0.2, 0.25) is 0 Å². The van der Waals surface area contributed by atoms with Crippen molar-refractivity contribution in [2.45, 2.75) is 20.3 Å². The van der Waals surface area contributed by atoms with Crippen LogP contribution in [0, 0.1) is 6.92 Å². The van der Waals surface area contributed by atoms with Gasteiger partial charge < -0.3 is 9.15 Å². The van der Waals surface area contributed by atoms with Crippen LogP contribution in [-0.4, -0.2) is 18.7 Å². The highest BCUT2D eigenvalue weighted by Gasteiger charge is 2.10. The molecule has 2 aromatic rings. The lowest BCUT2D eigenvalue weighted by Crippen LogP contribution is -2.18. The topological polar surface area (TPSA) is 63.8 Å². The summed E-state index contributed by atoms with van der Waals surface area (Å²) in [5.74, 6) is 1.62. The molecule has 5 nitrogen and oxygen atoms in total. The Labute approximate surface area is 123 Å². The van der Waals surface area contributed by atoms with Crippen LogP contribution in [-0.2, 0) is 0 Å². The van der Waals surface area contributed by atoms with Crippen LogP contribution in [0.15, 0.2) is 45.9 Å². The average molecular weight is 286 g/mol. The molecule has 1 N–H and O–H groups in total. The highest BCUT2D eigenvalue weighted by atomic mass is 16.5. The number of hydrogen-bond donors (Lipinski definition) is 1. The van der Waals surface area contributed by atoms with E-state index in [1.54, 1.807) is 24.3 Å². The number of nitrogens with zero attached hydrogens (tertiary/aromatic N) is 1. The second-order valence-electron chi connectivity index (χ2n) is 4.49. The second kappa shape index (κ2) is 7.28. The first kappa shape index (κ1) is 14.8. The zero-order valence-electron chi connectivity index (χ0n) is 12.1. The summed E-state index contributed by atoms with van der Waals surface area (Å²) in [6, 6.07) is 10.7. The molecule has 0 bridgehead atoms. The number of hydrazone groups is 1. The Morgan fingerprint density at radius 3 is 2.86 bits per heavy atom. The van der Waals surface area contributed by atoms with Gasteiger partial charge in [0.1, 0.15) is 17.3 Å². The minimum atomic E-state index is -0.318. The van der Waals surface area contributed by atoms with Gasteiger partial charge in [-0.25, -0.2) is 5.43 Å². The summed E-state index contributed by atoms with van der Waals surface area (Å²) in [5.41, 5.74) is 2.92. The number of amides is 1. The summed E-state index contributed by atoms with van der Waals surface area (Å²) >= 11 is 0. The molecule has 0 fully saturated rings. The fraction of sp³-hybridized carbons (Fsp3) is 0.250. The van der Waals surface area contributed by atoms with Crippen molar-refractivity contribution in [3.63, 3.8) is 0 Å². The molecule has 110 valence electrons. The van der Waals surface area contributed by atoms with Gasteiger partial charge in [-0.1, -0.05) is 19.1 Å². The molecule has 5 heteroatoms. The van der Waals surface area contributed by atoms with E-state index in [0.717, 1.165) is 12.2 Å². The van der Waals surface area contributed by atoms with Crippen molar-refractivity contribution in [1.82, 2.24) is 5.43 Å². The van der Waals surface area contributed by atoms with Crippen molar-refractivity contribution in [2.24, 2.45) is 5.10 Å². The van der Waals surface area contributed by atoms with Crippen LogP contribution in [0.4, 0.5) is 0 Å². The average Bonchev–Trinajstić information content (AvgIpc) is 2.91.